The number of rotatable bonds is 5. The summed E-state index contributed by atoms with van der Waals surface area (Å²) in [6.45, 7) is 0.602. The molecule has 3 rings (SSSR count). The van der Waals surface area contributed by atoms with Crippen LogP contribution in [0.4, 0.5) is 4.39 Å². The van der Waals surface area contributed by atoms with Crippen LogP contribution in [-0.4, -0.2) is 44.0 Å². The number of benzene rings is 1. The van der Waals surface area contributed by atoms with Crippen LogP contribution in [0.25, 0.3) is 0 Å². The van der Waals surface area contributed by atoms with E-state index in [1.165, 1.54) is 23.5 Å². The molecule has 1 unspecified atom stereocenters. The minimum Gasteiger partial charge on any atom is -0.494 e. The van der Waals surface area contributed by atoms with Crippen LogP contribution < -0.4 is 9.47 Å². The molecule has 0 radical (unpaired) electrons. The van der Waals surface area contributed by atoms with Crippen LogP contribution in [0.2, 0.25) is 0 Å². The number of pyridine rings is 1. The largest absolute Gasteiger partial charge is 0.494 e. The van der Waals surface area contributed by atoms with Gasteiger partial charge in [0.2, 0.25) is 10.0 Å². The fraction of sp³-hybridized carbons (Fsp3) is 0.353. The first-order valence-electron chi connectivity index (χ1n) is 7.91. The number of hydrogen-bond acceptors (Lipinski definition) is 5. The Bertz CT molecular complexity index is 830. The van der Waals surface area contributed by atoms with E-state index in [1.54, 1.807) is 24.5 Å². The summed E-state index contributed by atoms with van der Waals surface area (Å²) in [5, 5.41) is 0. The van der Waals surface area contributed by atoms with Gasteiger partial charge in [-0.15, -0.1) is 0 Å². The zero-order chi connectivity index (χ0) is 17.9. The van der Waals surface area contributed by atoms with Crippen LogP contribution in [0.15, 0.2) is 47.6 Å². The van der Waals surface area contributed by atoms with Crippen LogP contribution in [0.3, 0.4) is 0 Å². The van der Waals surface area contributed by atoms with Gasteiger partial charge in [0, 0.05) is 18.9 Å². The molecule has 1 saturated heterocycles. The molecule has 1 aromatic carbocycles. The zero-order valence-corrected chi connectivity index (χ0v) is 14.6. The second kappa shape index (κ2) is 7.37. The van der Waals surface area contributed by atoms with Gasteiger partial charge in [-0.05, 0) is 43.2 Å². The van der Waals surface area contributed by atoms with Crippen molar-refractivity contribution in [2.75, 3.05) is 20.2 Å². The topological polar surface area (TPSA) is 68.7 Å². The number of methoxy groups -OCH3 is 1. The fourth-order valence-corrected chi connectivity index (χ4v) is 4.31. The van der Waals surface area contributed by atoms with Gasteiger partial charge in [0.25, 0.3) is 0 Å². The van der Waals surface area contributed by atoms with E-state index in [0.717, 1.165) is 12.5 Å². The Balaban J connectivity index is 1.76. The van der Waals surface area contributed by atoms with Crippen LogP contribution in [0.5, 0.6) is 11.5 Å². The molecular weight excluding hydrogens is 347 g/mol. The molecule has 8 heteroatoms. The quantitative estimate of drug-likeness (QED) is 0.813. The highest BCUT2D eigenvalue weighted by atomic mass is 32.2. The number of aromatic nitrogens is 1. The number of halogens is 1. The molecule has 0 saturated carbocycles. The van der Waals surface area contributed by atoms with Crippen LogP contribution >= 0.6 is 0 Å². The van der Waals surface area contributed by atoms with Crippen molar-refractivity contribution in [3.05, 3.63) is 48.5 Å². The Morgan fingerprint density at radius 1 is 1.24 bits per heavy atom. The lowest BCUT2D eigenvalue weighted by Crippen LogP contribution is -2.44. The average molecular weight is 366 g/mol. The maximum atomic E-state index is 13.9. The summed E-state index contributed by atoms with van der Waals surface area (Å²) < 4.78 is 51.5. The van der Waals surface area contributed by atoms with E-state index in [4.69, 9.17) is 9.47 Å². The maximum Gasteiger partial charge on any atom is 0.243 e. The van der Waals surface area contributed by atoms with Crippen LogP contribution in [-0.2, 0) is 10.0 Å². The molecule has 134 valence electrons. The fourth-order valence-electron chi connectivity index (χ4n) is 2.79. The van der Waals surface area contributed by atoms with E-state index in [1.807, 2.05) is 0 Å². The summed E-state index contributed by atoms with van der Waals surface area (Å²) in [7, 11) is -2.46. The maximum absolute atomic E-state index is 13.9. The minimum absolute atomic E-state index is 0.0106. The number of hydrogen-bond donors (Lipinski definition) is 0. The molecule has 0 bridgehead atoms. The summed E-state index contributed by atoms with van der Waals surface area (Å²) in [6.07, 6.45) is 4.41. The lowest BCUT2D eigenvalue weighted by Gasteiger charge is -2.32. The van der Waals surface area contributed by atoms with Crippen LogP contribution in [0, 0.1) is 5.82 Å². The molecule has 1 aliphatic heterocycles. The molecule has 1 aliphatic rings. The van der Waals surface area contributed by atoms with E-state index >= 15 is 0 Å². The summed E-state index contributed by atoms with van der Waals surface area (Å²) in [6, 6.07) is 7.11. The normalized spacial score (nSPS) is 18.7. The van der Waals surface area contributed by atoms with E-state index in [2.05, 4.69) is 4.98 Å². The Kier molecular flexibility index (Phi) is 5.19. The van der Waals surface area contributed by atoms with Crippen molar-refractivity contribution in [2.24, 2.45) is 0 Å². The smallest absolute Gasteiger partial charge is 0.243 e. The third kappa shape index (κ3) is 3.91. The molecule has 6 nitrogen and oxygen atoms in total. The molecule has 2 aromatic rings. The predicted molar refractivity (Wildman–Crippen MR) is 89.6 cm³/mol. The van der Waals surface area contributed by atoms with E-state index in [0.29, 0.717) is 18.7 Å². The number of sulfonamides is 1. The highest BCUT2D eigenvalue weighted by Gasteiger charge is 2.31. The van der Waals surface area contributed by atoms with Crippen molar-refractivity contribution in [3.8, 4) is 11.5 Å². The Hall–Kier alpha value is -2.19. The minimum atomic E-state index is -3.79. The average Bonchev–Trinajstić information content (AvgIpc) is 2.62. The van der Waals surface area contributed by atoms with E-state index in [-0.39, 0.29) is 23.3 Å². The van der Waals surface area contributed by atoms with Gasteiger partial charge in [0.05, 0.1) is 18.6 Å². The predicted octanol–water partition coefficient (Wildman–Crippen LogP) is 2.46. The standard InChI is InChI=1S/C17H19FN2O4S/c1-23-17-5-4-15(11-16(17)18)25(21,22)20-10-2-3-14(12-20)24-13-6-8-19-9-7-13/h4-9,11,14H,2-3,10,12H2,1H3. The molecule has 0 N–H and O–H groups in total. The highest BCUT2D eigenvalue weighted by molar-refractivity contribution is 7.89. The third-order valence-electron chi connectivity index (χ3n) is 4.05. The molecule has 0 amide bonds. The zero-order valence-electron chi connectivity index (χ0n) is 13.8. The van der Waals surface area contributed by atoms with E-state index in [9.17, 15) is 12.8 Å². The third-order valence-corrected chi connectivity index (χ3v) is 5.92. The molecule has 0 aliphatic carbocycles. The molecule has 2 heterocycles. The lowest BCUT2D eigenvalue weighted by molar-refractivity contribution is 0.129. The second-order valence-corrected chi connectivity index (χ2v) is 7.66. The molecule has 1 fully saturated rings. The van der Waals surface area contributed by atoms with Gasteiger partial charge in [0.1, 0.15) is 11.9 Å². The van der Waals surface area contributed by atoms with Crippen LogP contribution in [0.1, 0.15) is 12.8 Å². The van der Waals surface area contributed by atoms with Gasteiger partial charge in [-0.1, -0.05) is 0 Å². The summed E-state index contributed by atoms with van der Waals surface area (Å²) in [4.78, 5) is 3.84. The first-order valence-corrected chi connectivity index (χ1v) is 9.35. The first kappa shape index (κ1) is 17.6. The number of ether oxygens (including phenoxy) is 2. The van der Waals surface area contributed by atoms with Gasteiger partial charge < -0.3 is 9.47 Å². The van der Waals surface area contributed by atoms with Gasteiger partial charge >= 0.3 is 0 Å². The van der Waals surface area contributed by atoms with Gasteiger partial charge in [-0.25, -0.2) is 12.8 Å². The Morgan fingerprint density at radius 2 is 2.00 bits per heavy atom. The van der Waals surface area contributed by atoms with Crippen molar-refractivity contribution in [2.45, 2.75) is 23.8 Å². The Labute approximate surface area is 146 Å². The van der Waals surface area contributed by atoms with Crippen molar-refractivity contribution in [3.63, 3.8) is 0 Å². The molecule has 1 atom stereocenters. The summed E-state index contributed by atoms with van der Waals surface area (Å²) >= 11 is 0. The summed E-state index contributed by atoms with van der Waals surface area (Å²) in [5.74, 6) is -0.0450. The van der Waals surface area contributed by atoms with Crippen molar-refractivity contribution < 1.29 is 22.3 Å². The number of nitrogens with zero attached hydrogens (tertiary/aromatic N) is 2. The van der Waals surface area contributed by atoms with Crippen molar-refractivity contribution >= 4 is 10.0 Å². The second-order valence-electron chi connectivity index (χ2n) is 5.72. The lowest BCUT2D eigenvalue weighted by atomic mass is 10.1. The highest BCUT2D eigenvalue weighted by Crippen LogP contribution is 2.26. The summed E-state index contributed by atoms with van der Waals surface area (Å²) in [5.41, 5.74) is 0. The van der Waals surface area contributed by atoms with Gasteiger partial charge in [0.15, 0.2) is 11.6 Å². The molecule has 0 spiro atoms. The molecule has 25 heavy (non-hydrogen) atoms. The van der Waals surface area contributed by atoms with Gasteiger partial charge in [-0.3, -0.25) is 4.98 Å². The SMILES string of the molecule is COc1ccc(S(=O)(=O)N2CCCC(Oc3ccncc3)C2)cc1F. The number of piperidine rings is 1. The molecular formula is C17H19FN2O4S. The van der Waals surface area contributed by atoms with Crippen molar-refractivity contribution in [1.82, 2.24) is 9.29 Å². The first-order chi connectivity index (χ1) is 12.0. The Morgan fingerprint density at radius 3 is 2.68 bits per heavy atom. The van der Waals surface area contributed by atoms with E-state index < -0.39 is 15.8 Å². The van der Waals surface area contributed by atoms with Crippen molar-refractivity contribution in [1.29, 1.82) is 0 Å². The monoisotopic (exact) mass is 366 g/mol. The van der Waals surface area contributed by atoms with Gasteiger partial charge in [-0.2, -0.15) is 4.31 Å². The molecule has 1 aromatic heterocycles.